The first kappa shape index (κ1) is 16.5. The molecule has 0 amide bonds. The minimum Gasteiger partial charge on any atom is -0.304 e. The second-order valence-corrected chi connectivity index (χ2v) is 6.20. The van der Waals surface area contributed by atoms with Crippen molar-refractivity contribution in [3.8, 4) is 0 Å². The maximum absolute atomic E-state index is 6.25. The van der Waals surface area contributed by atoms with Crippen molar-refractivity contribution in [3.63, 3.8) is 0 Å². The highest BCUT2D eigenvalue weighted by molar-refractivity contribution is 9.10. The molecule has 0 bridgehead atoms. The van der Waals surface area contributed by atoms with Gasteiger partial charge in [0.2, 0.25) is 0 Å². The van der Waals surface area contributed by atoms with Gasteiger partial charge in [0.1, 0.15) is 0 Å². The molecule has 0 fully saturated rings. The standard InChI is InChI=1S/C16H21BrClN3/c1-4-14-16(17)15(21(5-2)20-14)10-19-11(3)12-8-6-7-9-13(12)18/h6-9,11,19H,4-5,10H2,1-3H3/t11-/m0/s1. The van der Waals surface area contributed by atoms with Gasteiger partial charge in [-0.25, -0.2) is 0 Å². The Morgan fingerprint density at radius 3 is 2.67 bits per heavy atom. The molecule has 21 heavy (non-hydrogen) atoms. The Kier molecular flexibility index (Phi) is 5.85. The molecule has 0 saturated carbocycles. The lowest BCUT2D eigenvalue weighted by atomic mass is 10.1. The Morgan fingerprint density at radius 2 is 2.05 bits per heavy atom. The van der Waals surface area contributed by atoms with E-state index in [1.54, 1.807) is 0 Å². The molecule has 3 nitrogen and oxygen atoms in total. The average Bonchev–Trinajstić information content (AvgIpc) is 2.80. The summed E-state index contributed by atoms with van der Waals surface area (Å²) in [5.41, 5.74) is 3.42. The molecule has 1 aromatic heterocycles. The van der Waals surface area contributed by atoms with Crippen LogP contribution >= 0.6 is 27.5 Å². The highest BCUT2D eigenvalue weighted by Gasteiger charge is 2.15. The van der Waals surface area contributed by atoms with Gasteiger partial charge in [-0.2, -0.15) is 5.10 Å². The van der Waals surface area contributed by atoms with Crippen LogP contribution in [0.3, 0.4) is 0 Å². The fraction of sp³-hybridized carbons (Fsp3) is 0.438. The summed E-state index contributed by atoms with van der Waals surface area (Å²) in [6.45, 7) is 7.99. The van der Waals surface area contributed by atoms with Gasteiger partial charge in [0.25, 0.3) is 0 Å². The molecule has 0 saturated heterocycles. The third-order valence-electron chi connectivity index (χ3n) is 3.64. The van der Waals surface area contributed by atoms with Crippen molar-refractivity contribution in [3.05, 3.63) is 50.7 Å². The third-order valence-corrected chi connectivity index (χ3v) is 4.90. The van der Waals surface area contributed by atoms with Gasteiger partial charge in [-0.15, -0.1) is 0 Å². The Bertz CT molecular complexity index is 610. The largest absolute Gasteiger partial charge is 0.304 e. The van der Waals surface area contributed by atoms with Crippen LogP contribution in [0.5, 0.6) is 0 Å². The topological polar surface area (TPSA) is 29.9 Å². The lowest BCUT2D eigenvalue weighted by Crippen LogP contribution is -2.20. The summed E-state index contributed by atoms with van der Waals surface area (Å²) in [5.74, 6) is 0. The first-order valence-electron chi connectivity index (χ1n) is 7.30. The highest BCUT2D eigenvalue weighted by Crippen LogP contribution is 2.25. The second kappa shape index (κ2) is 7.43. The second-order valence-electron chi connectivity index (χ2n) is 5.00. The molecule has 0 aliphatic heterocycles. The van der Waals surface area contributed by atoms with Crippen molar-refractivity contribution in [2.45, 2.75) is 46.3 Å². The molecule has 0 radical (unpaired) electrons. The molecule has 0 unspecified atom stereocenters. The Hall–Kier alpha value is -0.840. The van der Waals surface area contributed by atoms with Gasteiger partial charge in [-0.05, 0) is 47.8 Å². The molecule has 1 N–H and O–H groups in total. The van der Waals surface area contributed by atoms with Crippen LogP contribution < -0.4 is 5.32 Å². The molecule has 0 aliphatic rings. The maximum Gasteiger partial charge on any atom is 0.0767 e. The molecular weight excluding hydrogens is 350 g/mol. The fourth-order valence-corrected chi connectivity index (χ4v) is 3.38. The van der Waals surface area contributed by atoms with Crippen molar-refractivity contribution in [2.75, 3.05) is 0 Å². The summed E-state index contributed by atoms with van der Waals surface area (Å²) in [6.07, 6.45) is 0.931. The first-order valence-corrected chi connectivity index (χ1v) is 8.47. The van der Waals surface area contributed by atoms with Crippen LogP contribution in [0.15, 0.2) is 28.7 Å². The van der Waals surface area contributed by atoms with Crippen molar-refractivity contribution in [1.29, 1.82) is 0 Å². The van der Waals surface area contributed by atoms with Crippen molar-refractivity contribution < 1.29 is 0 Å². The lowest BCUT2D eigenvalue weighted by Gasteiger charge is -2.16. The minimum absolute atomic E-state index is 0.191. The van der Waals surface area contributed by atoms with Crippen molar-refractivity contribution >= 4 is 27.5 Å². The minimum atomic E-state index is 0.191. The predicted octanol–water partition coefficient (Wildman–Crippen LogP) is 4.73. The van der Waals surface area contributed by atoms with Crippen LogP contribution in [0, 0.1) is 0 Å². The normalized spacial score (nSPS) is 12.6. The van der Waals surface area contributed by atoms with Crippen LogP contribution in [0.4, 0.5) is 0 Å². The van der Waals surface area contributed by atoms with Gasteiger partial charge in [0.15, 0.2) is 0 Å². The van der Waals surface area contributed by atoms with E-state index in [0.717, 1.165) is 40.3 Å². The number of hydrogen-bond acceptors (Lipinski definition) is 2. The zero-order valence-corrected chi connectivity index (χ0v) is 15.0. The smallest absolute Gasteiger partial charge is 0.0767 e. The molecule has 0 spiro atoms. The number of nitrogens with zero attached hydrogens (tertiary/aromatic N) is 2. The Labute approximate surface area is 139 Å². The van der Waals surface area contributed by atoms with E-state index in [-0.39, 0.29) is 6.04 Å². The molecule has 0 aliphatic carbocycles. The maximum atomic E-state index is 6.25. The summed E-state index contributed by atoms with van der Waals surface area (Å²) in [7, 11) is 0. The van der Waals surface area contributed by atoms with Gasteiger partial charge in [-0.3, -0.25) is 4.68 Å². The fourth-order valence-electron chi connectivity index (χ4n) is 2.37. The molecule has 1 heterocycles. The number of hydrogen-bond donors (Lipinski definition) is 1. The summed E-state index contributed by atoms with van der Waals surface area (Å²) >= 11 is 9.92. The summed E-state index contributed by atoms with van der Waals surface area (Å²) in [4.78, 5) is 0. The first-order chi connectivity index (χ1) is 10.1. The number of rotatable bonds is 6. The van der Waals surface area contributed by atoms with E-state index in [1.807, 2.05) is 18.2 Å². The third kappa shape index (κ3) is 3.68. The summed E-state index contributed by atoms with van der Waals surface area (Å²) in [5, 5.41) is 8.95. The Balaban J connectivity index is 2.13. The molecular formula is C16H21BrClN3. The summed E-state index contributed by atoms with van der Waals surface area (Å²) < 4.78 is 3.17. The lowest BCUT2D eigenvalue weighted by molar-refractivity contribution is 0.529. The van der Waals surface area contributed by atoms with Gasteiger partial charge in [-0.1, -0.05) is 36.7 Å². The highest BCUT2D eigenvalue weighted by atomic mass is 79.9. The molecule has 1 aromatic carbocycles. The molecule has 2 rings (SSSR count). The van der Waals surface area contributed by atoms with E-state index in [1.165, 1.54) is 5.69 Å². The van der Waals surface area contributed by atoms with E-state index < -0.39 is 0 Å². The molecule has 2 aromatic rings. The van der Waals surface area contributed by atoms with Gasteiger partial charge in [0.05, 0.1) is 15.9 Å². The van der Waals surface area contributed by atoms with E-state index in [2.05, 4.69) is 57.9 Å². The number of nitrogens with one attached hydrogen (secondary N) is 1. The van der Waals surface area contributed by atoms with Crippen LogP contribution in [0.25, 0.3) is 0 Å². The van der Waals surface area contributed by atoms with Crippen molar-refractivity contribution in [2.24, 2.45) is 0 Å². The summed E-state index contributed by atoms with van der Waals surface area (Å²) in [6, 6.07) is 8.14. The average molecular weight is 371 g/mol. The monoisotopic (exact) mass is 369 g/mol. The van der Waals surface area contributed by atoms with E-state index in [4.69, 9.17) is 11.6 Å². The number of benzene rings is 1. The van der Waals surface area contributed by atoms with Crippen LogP contribution in [0.1, 0.15) is 43.8 Å². The molecule has 5 heteroatoms. The predicted molar refractivity (Wildman–Crippen MR) is 91.7 cm³/mol. The van der Waals surface area contributed by atoms with Crippen LogP contribution in [-0.4, -0.2) is 9.78 Å². The van der Waals surface area contributed by atoms with Gasteiger partial charge < -0.3 is 5.32 Å². The zero-order valence-electron chi connectivity index (χ0n) is 12.7. The Morgan fingerprint density at radius 1 is 1.33 bits per heavy atom. The van der Waals surface area contributed by atoms with E-state index in [9.17, 15) is 0 Å². The van der Waals surface area contributed by atoms with Crippen molar-refractivity contribution in [1.82, 2.24) is 15.1 Å². The number of halogens is 2. The van der Waals surface area contributed by atoms with E-state index in [0.29, 0.717) is 0 Å². The van der Waals surface area contributed by atoms with Gasteiger partial charge >= 0.3 is 0 Å². The molecule has 1 atom stereocenters. The number of aromatic nitrogens is 2. The SMILES string of the molecule is CCc1nn(CC)c(CN[C@@H](C)c2ccccc2Cl)c1Br. The quantitative estimate of drug-likeness (QED) is 0.796. The van der Waals surface area contributed by atoms with Crippen LogP contribution in [-0.2, 0) is 19.5 Å². The van der Waals surface area contributed by atoms with Gasteiger partial charge in [0, 0.05) is 24.2 Å². The van der Waals surface area contributed by atoms with E-state index >= 15 is 0 Å². The number of aryl methyl sites for hydroxylation is 2. The molecule has 114 valence electrons. The van der Waals surface area contributed by atoms with Crippen LogP contribution in [0.2, 0.25) is 5.02 Å². The zero-order chi connectivity index (χ0) is 15.4.